The van der Waals surface area contributed by atoms with E-state index in [4.69, 9.17) is 32.9 Å². The molecule has 4 N–H and O–H groups in total. The quantitative estimate of drug-likeness (QED) is 0.422. The summed E-state index contributed by atoms with van der Waals surface area (Å²) >= 11 is 5.61. The first-order valence-electron chi connectivity index (χ1n) is 9.79. The molecule has 1 aromatic carbocycles. The molecule has 0 saturated heterocycles. The number of nitrogens with one attached hydrogen (secondary N) is 2. The molecule has 1 amide bonds. The molecule has 0 atom stereocenters. The second kappa shape index (κ2) is 10.3. The number of ether oxygens (including phenoxy) is 1. The van der Waals surface area contributed by atoms with Gasteiger partial charge in [-0.25, -0.2) is 4.79 Å². The summed E-state index contributed by atoms with van der Waals surface area (Å²) < 4.78 is 7.09. The predicted octanol–water partition coefficient (Wildman–Crippen LogP) is 3.88. The maximum Gasteiger partial charge on any atom is 0.410 e. The number of carbonyl (C=O) groups is 1. The van der Waals surface area contributed by atoms with Gasteiger partial charge in [0.1, 0.15) is 16.6 Å². The van der Waals surface area contributed by atoms with Crippen LogP contribution in [0.15, 0.2) is 42.7 Å². The number of hydrogen-bond acceptors (Lipinski definition) is 5. The Labute approximate surface area is 187 Å². The van der Waals surface area contributed by atoms with Crippen LogP contribution in [0, 0.1) is 10.8 Å². The summed E-state index contributed by atoms with van der Waals surface area (Å²) in [7, 11) is 1.73. The molecule has 1 heterocycles. The minimum absolute atomic E-state index is 0.175. The molecule has 8 nitrogen and oxygen atoms in total. The lowest BCUT2D eigenvalue weighted by atomic mass is 10.1. The molecule has 0 unspecified atom stereocenters. The van der Waals surface area contributed by atoms with Crippen LogP contribution in [0.2, 0.25) is 0 Å². The van der Waals surface area contributed by atoms with Crippen LogP contribution >= 0.6 is 11.6 Å². The fourth-order valence-corrected chi connectivity index (χ4v) is 2.87. The summed E-state index contributed by atoms with van der Waals surface area (Å²) in [6.07, 6.45) is 5.07. The summed E-state index contributed by atoms with van der Waals surface area (Å²) in [6.45, 7) is 6.65. The van der Waals surface area contributed by atoms with E-state index in [9.17, 15) is 4.79 Å². The number of allylic oxidation sites excluding steroid dienone is 1. The molecule has 0 saturated carbocycles. The number of amides is 1. The maximum atomic E-state index is 12.0. The van der Waals surface area contributed by atoms with E-state index >= 15 is 0 Å². The van der Waals surface area contributed by atoms with E-state index in [0.717, 1.165) is 17.5 Å². The summed E-state index contributed by atoms with van der Waals surface area (Å²) in [5.41, 5.74) is 8.22. The monoisotopic (exact) mass is 444 g/mol. The van der Waals surface area contributed by atoms with E-state index in [1.807, 2.05) is 45.0 Å². The van der Waals surface area contributed by atoms with E-state index in [0.29, 0.717) is 24.2 Å². The Bertz CT molecular complexity index is 973. The van der Waals surface area contributed by atoms with Gasteiger partial charge in [0, 0.05) is 30.9 Å². The average molecular weight is 445 g/mol. The van der Waals surface area contributed by atoms with Crippen LogP contribution < -0.4 is 5.73 Å². The van der Waals surface area contributed by atoms with Crippen molar-refractivity contribution in [3.63, 3.8) is 0 Å². The Kier molecular flexibility index (Phi) is 7.99. The summed E-state index contributed by atoms with van der Waals surface area (Å²) in [6, 6.07) is 8.08. The van der Waals surface area contributed by atoms with Crippen LogP contribution in [0.25, 0.3) is 5.57 Å². The zero-order valence-corrected chi connectivity index (χ0v) is 19.0. The summed E-state index contributed by atoms with van der Waals surface area (Å²) in [5.74, 6) is -0.175. The third-order valence-electron chi connectivity index (χ3n) is 4.31. The molecule has 0 radical (unpaired) electrons. The highest BCUT2D eigenvalue weighted by atomic mass is 35.5. The number of hydrogen-bond donors (Lipinski definition) is 3. The van der Waals surface area contributed by atoms with E-state index < -0.39 is 5.60 Å². The van der Waals surface area contributed by atoms with Crippen molar-refractivity contribution in [2.75, 3.05) is 13.6 Å². The predicted molar refractivity (Wildman–Crippen MR) is 124 cm³/mol. The van der Waals surface area contributed by atoms with Gasteiger partial charge in [0.15, 0.2) is 0 Å². The SMILES string of the molecule is CN(CCc1ccc(Cn2cc(/C(=C/C(=N)Cl)C(=N)N)cn2)cc1)C(=O)OC(C)(C)C. The molecule has 0 aliphatic heterocycles. The van der Waals surface area contributed by atoms with Crippen molar-refractivity contribution in [1.82, 2.24) is 14.7 Å². The topological polar surface area (TPSA) is 121 Å². The van der Waals surface area contributed by atoms with Crippen molar-refractivity contribution in [3.8, 4) is 0 Å². The van der Waals surface area contributed by atoms with Gasteiger partial charge in [0.25, 0.3) is 0 Å². The van der Waals surface area contributed by atoms with Crippen LogP contribution in [-0.4, -0.2) is 51.0 Å². The minimum Gasteiger partial charge on any atom is -0.444 e. The third kappa shape index (κ3) is 7.90. The molecular formula is C22H29ClN6O2. The van der Waals surface area contributed by atoms with Crippen molar-refractivity contribution < 1.29 is 9.53 Å². The largest absolute Gasteiger partial charge is 0.444 e. The third-order valence-corrected chi connectivity index (χ3v) is 4.42. The Balaban J connectivity index is 1.96. The van der Waals surface area contributed by atoms with Gasteiger partial charge in [-0.15, -0.1) is 0 Å². The molecule has 0 bridgehead atoms. The van der Waals surface area contributed by atoms with Crippen molar-refractivity contribution >= 4 is 34.3 Å². The molecule has 1 aromatic heterocycles. The maximum absolute atomic E-state index is 12.0. The van der Waals surface area contributed by atoms with Gasteiger partial charge in [-0.3, -0.25) is 15.5 Å². The number of likely N-dealkylation sites (N-methyl/N-ethyl adjacent to an activating group) is 1. The highest BCUT2D eigenvalue weighted by molar-refractivity contribution is 6.68. The normalized spacial score (nSPS) is 11.8. The van der Waals surface area contributed by atoms with Gasteiger partial charge in [-0.2, -0.15) is 5.10 Å². The zero-order chi connectivity index (χ0) is 23.2. The van der Waals surface area contributed by atoms with E-state index in [1.54, 1.807) is 29.0 Å². The molecule has 9 heteroatoms. The van der Waals surface area contributed by atoms with Gasteiger partial charge in [-0.1, -0.05) is 35.9 Å². The Morgan fingerprint density at radius 1 is 1.26 bits per heavy atom. The number of carbonyl (C=O) groups excluding carboxylic acids is 1. The average Bonchev–Trinajstić information content (AvgIpc) is 3.11. The van der Waals surface area contributed by atoms with Crippen LogP contribution in [0.4, 0.5) is 4.79 Å². The van der Waals surface area contributed by atoms with Crippen LogP contribution in [0.1, 0.15) is 37.5 Å². The highest BCUT2D eigenvalue weighted by Gasteiger charge is 2.19. The first-order valence-corrected chi connectivity index (χ1v) is 10.2. The van der Waals surface area contributed by atoms with Crippen molar-refractivity contribution in [1.29, 1.82) is 10.8 Å². The zero-order valence-electron chi connectivity index (χ0n) is 18.3. The number of nitrogens with zero attached hydrogens (tertiary/aromatic N) is 3. The lowest BCUT2D eigenvalue weighted by molar-refractivity contribution is 0.0301. The second-order valence-electron chi connectivity index (χ2n) is 8.21. The number of aromatic nitrogens is 2. The van der Waals surface area contributed by atoms with Crippen molar-refractivity contribution in [2.24, 2.45) is 5.73 Å². The molecule has 0 spiro atoms. The minimum atomic E-state index is -0.508. The van der Waals surface area contributed by atoms with E-state index in [-0.39, 0.29) is 17.1 Å². The Morgan fingerprint density at radius 2 is 1.87 bits per heavy atom. The highest BCUT2D eigenvalue weighted by Crippen LogP contribution is 2.16. The second-order valence-corrected chi connectivity index (χ2v) is 8.62. The number of benzene rings is 1. The van der Waals surface area contributed by atoms with E-state index in [2.05, 4.69) is 5.10 Å². The van der Waals surface area contributed by atoms with E-state index in [1.165, 1.54) is 6.08 Å². The number of nitrogens with two attached hydrogens (primary N) is 1. The number of amidine groups is 1. The summed E-state index contributed by atoms with van der Waals surface area (Å²) in [5, 5.41) is 19.1. The first kappa shape index (κ1) is 24.1. The molecule has 2 aromatic rings. The smallest absolute Gasteiger partial charge is 0.410 e. The molecule has 31 heavy (non-hydrogen) atoms. The van der Waals surface area contributed by atoms with Crippen molar-refractivity contribution in [3.05, 3.63) is 59.4 Å². The molecule has 2 rings (SSSR count). The molecule has 166 valence electrons. The van der Waals surface area contributed by atoms with Gasteiger partial charge in [0.05, 0.1) is 12.7 Å². The lowest BCUT2D eigenvalue weighted by Gasteiger charge is -2.24. The van der Waals surface area contributed by atoms with Crippen molar-refractivity contribution in [2.45, 2.75) is 39.3 Å². The van der Waals surface area contributed by atoms with Gasteiger partial charge < -0.3 is 15.4 Å². The van der Waals surface area contributed by atoms with Gasteiger partial charge >= 0.3 is 6.09 Å². The van der Waals surface area contributed by atoms with Crippen LogP contribution in [-0.2, 0) is 17.7 Å². The fraction of sp³-hybridized carbons (Fsp3) is 0.364. The van der Waals surface area contributed by atoms with Gasteiger partial charge in [0.2, 0.25) is 0 Å². The van der Waals surface area contributed by atoms with Crippen LogP contribution in [0.3, 0.4) is 0 Å². The number of halogens is 1. The first-order chi connectivity index (χ1) is 14.4. The summed E-state index contributed by atoms with van der Waals surface area (Å²) in [4.78, 5) is 13.6. The van der Waals surface area contributed by atoms with Crippen LogP contribution in [0.5, 0.6) is 0 Å². The van der Waals surface area contributed by atoms with Gasteiger partial charge in [-0.05, 0) is 44.4 Å². The molecule has 0 aliphatic carbocycles. The number of rotatable bonds is 8. The fourth-order valence-electron chi connectivity index (χ4n) is 2.76. The Hall–Kier alpha value is -3.13. The Morgan fingerprint density at radius 3 is 2.42 bits per heavy atom. The molecular weight excluding hydrogens is 416 g/mol. The molecule has 0 aliphatic rings. The standard InChI is InChI=1S/C22H29ClN6O2/c1-22(2,3)31-21(30)28(4)10-9-15-5-7-16(8-6-15)13-29-14-17(12-27-29)18(20(25)26)11-19(23)24/h5-8,11-12,14,24H,9-10,13H2,1-4H3,(H3,25,26)/b18-11-,24-19?. The molecule has 0 fully saturated rings. The lowest BCUT2D eigenvalue weighted by Crippen LogP contribution is -2.35.